The van der Waals surface area contributed by atoms with Gasteiger partial charge in [0.25, 0.3) is 0 Å². The summed E-state index contributed by atoms with van der Waals surface area (Å²) in [5, 5.41) is 3.05. The number of nitrogens with zero attached hydrogens (tertiary/aromatic N) is 3. The van der Waals surface area contributed by atoms with Crippen LogP contribution in [-0.2, 0) is 0 Å². The Balaban J connectivity index is 2.38. The zero-order valence-electron chi connectivity index (χ0n) is 7.82. The SMILES string of the molecule is Cc1nc(NCCN)nc2scnc12. The van der Waals surface area contributed by atoms with Gasteiger partial charge in [0, 0.05) is 13.1 Å². The highest BCUT2D eigenvalue weighted by molar-refractivity contribution is 7.16. The fourth-order valence-corrected chi connectivity index (χ4v) is 1.87. The van der Waals surface area contributed by atoms with Gasteiger partial charge in [-0.2, -0.15) is 0 Å². The Labute approximate surface area is 85.4 Å². The molecule has 0 saturated carbocycles. The second-order valence-corrected chi connectivity index (χ2v) is 3.69. The van der Waals surface area contributed by atoms with Crippen molar-refractivity contribution < 1.29 is 0 Å². The van der Waals surface area contributed by atoms with E-state index < -0.39 is 0 Å². The highest BCUT2D eigenvalue weighted by Gasteiger charge is 2.05. The van der Waals surface area contributed by atoms with E-state index in [4.69, 9.17) is 5.73 Å². The molecule has 0 aliphatic carbocycles. The van der Waals surface area contributed by atoms with Crippen molar-refractivity contribution in [1.82, 2.24) is 15.0 Å². The van der Waals surface area contributed by atoms with Gasteiger partial charge in [0.05, 0.1) is 11.2 Å². The summed E-state index contributed by atoms with van der Waals surface area (Å²) in [4.78, 5) is 13.7. The van der Waals surface area contributed by atoms with Gasteiger partial charge in [-0.15, -0.1) is 11.3 Å². The molecule has 74 valence electrons. The molecule has 0 spiro atoms. The Morgan fingerprint density at radius 1 is 1.50 bits per heavy atom. The first-order chi connectivity index (χ1) is 6.81. The first-order valence-electron chi connectivity index (χ1n) is 4.33. The maximum Gasteiger partial charge on any atom is 0.224 e. The molecule has 5 nitrogen and oxygen atoms in total. The molecule has 2 aromatic heterocycles. The summed E-state index contributed by atoms with van der Waals surface area (Å²) in [7, 11) is 0. The standard InChI is InChI=1S/C8H11N5S/c1-5-6-7(14-4-11-6)13-8(12-5)10-3-2-9/h4H,2-3,9H2,1H3,(H,10,12,13). The molecule has 0 fully saturated rings. The van der Waals surface area contributed by atoms with Crippen LogP contribution in [0.15, 0.2) is 5.51 Å². The summed E-state index contributed by atoms with van der Waals surface area (Å²) in [5.41, 5.74) is 8.94. The molecule has 3 N–H and O–H groups in total. The van der Waals surface area contributed by atoms with Crippen LogP contribution in [0, 0.1) is 6.92 Å². The first kappa shape index (κ1) is 9.29. The normalized spacial score (nSPS) is 10.7. The third-order valence-electron chi connectivity index (χ3n) is 1.80. The number of hydrogen-bond acceptors (Lipinski definition) is 6. The lowest BCUT2D eigenvalue weighted by Crippen LogP contribution is -2.15. The van der Waals surface area contributed by atoms with E-state index in [1.807, 2.05) is 6.92 Å². The number of nitrogens with two attached hydrogens (primary N) is 1. The molecular weight excluding hydrogens is 198 g/mol. The summed E-state index contributed by atoms with van der Waals surface area (Å²) >= 11 is 1.52. The molecule has 0 saturated heterocycles. The van der Waals surface area contributed by atoms with Crippen LogP contribution in [-0.4, -0.2) is 28.0 Å². The van der Waals surface area contributed by atoms with Gasteiger partial charge in [-0.05, 0) is 6.92 Å². The number of rotatable bonds is 3. The summed E-state index contributed by atoms with van der Waals surface area (Å²) < 4.78 is 0. The highest BCUT2D eigenvalue weighted by Crippen LogP contribution is 2.18. The molecule has 0 amide bonds. The number of aromatic nitrogens is 3. The molecule has 0 aliphatic rings. The Hall–Kier alpha value is -1.27. The van der Waals surface area contributed by atoms with Gasteiger partial charge in [-0.25, -0.2) is 15.0 Å². The Kier molecular flexibility index (Phi) is 2.55. The van der Waals surface area contributed by atoms with Crippen molar-refractivity contribution in [2.45, 2.75) is 6.92 Å². The van der Waals surface area contributed by atoms with Crippen molar-refractivity contribution in [3.8, 4) is 0 Å². The van der Waals surface area contributed by atoms with E-state index in [-0.39, 0.29) is 0 Å². The maximum absolute atomic E-state index is 5.38. The quantitative estimate of drug-likeness (QED) is 0.780. The second kappa shape index (κ2) is 3.85. The molecule has 0 aliphatic heterocycles. The molecule has 6 heteroatoms. The minimum atomic E-state index is 0.573. The zero-order chi connectivity index (χ0) is 9.97. The summed E-state index contributed by atoms with van der Waals surface area (Å²) in [5.74, 6) is 0.629. The van der Waals surface area contributed by atoms with Gasteiger partial charge < -0.3 is 11.1 Å². The van der Waals surface area contributed by atoms with Gasteiger partial charge >= 0.3 is 0 Å². The van der Waals surface area contributed by atoms with E-state index in [1.54, 1.807) is 5.51 Å². The van der Waals surface area contributed by atoms with E-state index in [1.165, 1.54) is 11.3 Å². The average Bonchev–Trinajstić information content (AvgIpc) is 2.63. The van der Waals surface area contributed by atoms with Crippen LogP contribution in [0.2, 0.25) is 0 Å². The number of hydrogen-bond donors (Lipinski definition) is 2. The number of thiazole rings is 1. The van der Waals surface area contributed by atoms with Crippen molar-refractivity contribution in [2.75, 3.05) is 18.4 Å². The van der Waals surface area contributed by atoms with Crippen LogP contribution >= 0.6 is 11.3 Å². The number of fused-ring (bicyclic) bond motifs is 1. The van der Waals surface area contributed by atoms with Crippen LogP contribution in [0.25, 0.3) is 10.3 Å². The molecule has 0 bridgehead atoms. The van der Waals surface area contributed by atoms with Crippen LogP contribution in [0.4, 0.5) is 5.95 Å². The van der Waals surface area contributed by atoms with E-state index in [0.717, 1.165) is 16.0 Å². The summed E-state index contributed by atoms with van der Waals surface area (Å²) in [6.07, 6.45) is 0. The van der Waals surface area contributed by atoms with Gasteiger partial charge in [0.1, 0.15) is 10.3 Å². The molecule has 2 heterocycles. The number of anilines is 1. The Morgan fingerprint density at radius 2 is 2.36 bits per heavy atom. The predicted octanol–water partition coefficient (Wildman–Crippen LogP) is 0.765. The number of nitrogens with one attached hydrogen (secondary N) is 1. The van der Waals surface area contributed by atoms with E-state index >= 15 is 0 Å². The molecule has 0 aromatic carbocycles. The fraction of sp³-hybridized carbons (Fsp3) is 0.375. The van der Waals surface area contributed by atoms with E-state index in [9.17, 15) is 0 Å². The lowest BCUT2D eigenvalue weighted by atomic mass is 10.4. The molecule has 0 atom stereocenters. The molecule has 14 heavy (non-hydrogen) atoms. The Bertz CT molecular complexity index is 438. The molecular formula is C8H11N5S. The Morgan fingerprint density at radius 3 is 3.14 bits per heavy atom. The van der Waals surface area contributed by atoms with Gasteiger partial charge in [0.15, 0.2) is 0 Å². The lowest BCUT2D eigenvalue weighted by molar-refractivity contribution is 0.989. The van der Waals surface area contributed by atoms with Gasteiger partial charge in [-0.3, -0.25) is 0 Å². The van der Waals surface area contributed by atoms with Crippen molar-refractivity contribution >= 4 is 27.6 Å². The molecule has 0 unspecified atom stereocenters. The topological polar surface area (TPSA) is 76.7 Å². The predicted molar refractivity (Wildman–Crippen MR) is 57.5 cm³/mol. The minimum absolute atomic E-state index is 0.573. The van der Waals surface area contributed by atoms with Crippen LogP contribution in [0.5, 0.6) is 0 Å². The molecule has 0 radical (unpaired) electrons. The van der Waals surface area contributed by atoms with Crippen LogP contribution in [0.1, 0.15) is 5.69 Å². The van der Waals surface area contributed by atoms with Crippen molar-refractivity contribution in [3.63, 3.8) is 0 Å². The maximum atomic E-state index is 5.38. The third kappa shape index (κ3) is 1.66. The minimum Gasteiger partial charge on any atom is -0.353 e. The molecule has 2 aromatic rings. The van der Waals surface area contributed by atoms with E-state index in [2.05, 4.69) is 20.3 Å². The third-order valence-corrected chi connectivity index (χ3v) is 2.52. The monoisotopic (exact) mass is 209 g/mol. The van der Waals surface area contributed by atoms with Crippen molar-refractivity contribution in [3.05, 3.63) is 11.2 Å². The second-order valence-electron chi connectivity index (χ2n) is 2.85. The van der Waals surface area contributed by atoms with E-state index in [0.29, 0.717) is 19.0 Å². The first-order valence-corrected chi connectivity index (χ1v) is 5.21. The zero-order valence-corrected chi connectivity index (χ0v) is 8.64. The van der Waals surface area contributed by atoms with Crippen LogP contribution < -0.4 is 11.1 Å². The summed E-state index contributed by atoms with van der Waals surface area (Å²) in [6, 6.07) is 0. The van der Waals surface area contributed by atoms with Crippen LogP contribution in [0.3, 0.4) is 0 Å². The van der Waals surface area contributed by atoms with Gasteiger partial charge in [-0.1, -0.05) is 0 Å². The van der Waals surface area contributed by atoms with Crippen molar-refractivity contribution in [1.29, 1.82) is 0 Å². The van der Waals surface area contributed by atoms with Crippen molar-refractivity contribution in [2.24, 2.45) is 5.73 Å². The highest BCUT2D eigenvalue weighted by atomic mass is 32.1. The van der Waals surface area contributed by atoms with Gasteiger partial charge in [0.2, 0.25) is 5.95 Å². The largest absolute Gasteiger partial charge is 0.353 e. The lowest BCUT2D eigenvalue weighted by Gasteiger charge is -2.03. The fourth-order valence-electron chi connectivity index (χ4n) is 1.16. The number of aryl methyl sites for hydroxylation is 1. The smallest absolute Gasteiger partial charge is 0.224 e. The average molecular weight is 209 g/mol. The summed E-state index contributed by atoms with van der Waals surface area (Å²) in [6.45, 7) is 3.18. The molecule has 2 rings (SSSR count).